The van der Waals surface area contributed by atoms with E-state index in [-0.39, 0.29) is 24.3 Å². The van der Waals surface area contributed by atoms with Crippen molar-refractivity contribution in [2.24, 2.45) is 11.7 Å². The molecule has 0 bridgehead atoms. The normalized spacial score (nSPS) is 16.4. The number of methoxy groups -OCH3 is 1. The predicted molar refractivity (Wildman–Crippen MR) is 64.5 cm³/mol. The van der Waals surface area contributed by atoms with E-state index >= 15 is 0 Å². The summed E-state index contributed by atoms with van der Waals surface area (Å²) in [5, 5.41) is 0. The molecule has 1 saturated carbocycles. The molecule has 0 heterocycles. The fourth-order valence-corrected chi connectivity index (χ4v) is 1.83. The van der Waals surface area contributed by atoms with Crippen molar-refractivity contribution in [1.82, 2.24) is 0 Å². The molecule has 1 aliphatic carbocycles. The molecule has 16 heavy (non-hydrogen) atoms. The molecule has 0 saturated heterocycles. The number of hydrogen-bond donors (Lipinski definition) is 1. The molecule has 2 nitrogen and oxygen atoms in total. The standard InChI is InChI=1S/C12H16FNO.ClH/c1-15-12-5-4-9(13)7-10(12)11(14)6-8-2-3-8;/h4-5,7-8,11H,2-3,6,14H2,1H3;1H/t11-;/m0./s1. The van der Waals surface area contributed by atoms with Crippen LogP contribution in [0, 0.1) is 11.7 Å². The summed E-state index contributed by atoms with van der Waals surface area (Å²) in [6.45, 7) is 0. The van der Waals surface area contributed by atoms with Gasteiger partial charge in [0.1, 0.15) is 11.6 Å². The summed E-state index contributed by atoms with van der Waals surface area (Å²) in [7, 11) is 1.58. The van der Waals surface area contributed by atoms with Crippen LogP contribution in [0.5, 0.6) is 5.75 Å². The van der Waals surface area contributed by atoms with Gasteiger partial charge in [-0.05, 0) is 30.5 Å². The zero-order chi connectivity index (χ0) is 10.8. The van der Waals surface area contributed by atoms with Crippen molar-refractivity contribution in [2.45, 2.75) is 25.3 Å². The van der Waals surface area contributed by atoms with E-state index in [1.165, 1.54) is 25.0 Å². The largest absolute Gasteiger partial charge is 0.496 e. The lowest BCUT2D eigenvalue weighted by Crippen LogP contribution is -2.12. The van der Waals surface area contributed by atoms with Gasteiger partial charge in [-0.25, -0.2) is 4.39 Å². The summed E-state index contributed by atoms with van der Waals surface area (Å²) in [4.78, 5) is 0. The maximum atomic E-state index is 13.1. The van der Waals surface area contributed by atoms with Crippen molar-refractivity contribution in [2.75, 3.05) is 7.11 Å². The molecule has 0 aliphatic heterocycles. The predicted octanol–water partition coefficient (Wildman–Crippen LogP) is 3.06. The average molecular weight is 246 g/mol. The van der Waals surface area contributed by atoms with E-state index < -0.39 is 0 Å². The molecular formula is C12H17ClFNO. The first-order valence-electron chi connectivity index (χ1n) is 5.29. The number of hydrogen-bond acceptors (Lipinski definition) is 2. The smallest absolute Gasteiger partial charge is 0.123 e. The molecule has 0 spiro atoms. The van der Waals surface area contributed by atoms with Crippen molar-refractivity contribution in [3.63, 3.8) is 0 Å². The minimum atomic E-state index is -0.253. The number of rotatable bonds is 4. The van der Waals surface area contributed by atoms with Gasteiger partial charge in [-0.2, -0.15) is 0 Å². The minimum absolute atomic E-state index is 0. The summed E-state index contributed by atoms with van der Waals surface area (Å²) >= 11 is 0. The highest BCUT2D eigenvalue weighted by Crippen LogP contribution is 2.38. The quantitative estimate of drug-likeness (QED) is 0.885. The highest BCUT2D eigenvalue weighted by molar-refractivity contribution is 5.85. The van der Waals surface area contributed by atoms with Crippen molar-refractivity contribution in [3.8, 4) is 5.75 Å². The lowest BCUT2D eigenvalue weighted by Gasteiger charge is -2.15. The van der Waals surface area contributed by atoms with Crippen LogP contribution >= 0.6 is 12.4 Å². The fourth-order valence-electron chi connectivity index (χ4n) is 1.83. The van der Waals surface area contributed by atoms with Crippen molar-refractivity contribution < 1.29 is 9.13 Å². The van der Waals surface area contributed by atoms with Crippen LogP contribution in [0.4, 0.5) is 4.39 Å². The van der Waals surface area contributed by atoms with E-state index in [0.717, 1.165) is 17.9 Å². The molecule has 1 fully saturated rings. The Bertz CT molecular complexity index is 355. The third kappa shape index (κ3) is 3.09. The summed E-state index contributed by atoms with van der Waals surface area (Å²) < 4.78 is 18.3. The van der Waals surface area contributed by atoms with Gasteiger partial charge in [0, 0.05) is 11.6 Å². The van der Waals surface area contributed by atoms with Gasteiger partial charge in [-0.3, -0.25) is 0 Å². The molecule has 1 atom stereocenters. The van der Waals surface area contributed by atoms with E-state index in [1.54, 1.807) is 13.2 Å². The molecule has 0 unspecified atom stereocenters. The Balaban J connectivity index is 0.00000128. The van der Waals surface area contributed by atoms with Gasteiger partial charge < -0.3 is 10.5 Å². The Morgan fingerprint density at radius 1 is 1.50 bits per heavy atom. The van der Waals surface area contributed by atoms with Gasteiger partial charge in [-0.15, -0.1) is 12.4 Å². The molecule has 1 aliphatic rings. The molecule has 0 amide bonds. The van der Waals surface area contributed by atoms with Crippen molar-refractivity contribution in [1.29, 1.82) is 0 Å². The molecule has 4 heteroatoms. The van der Waals surface area contributed by atoms with Crippen molar-refractivity contribution >= 4 is 12.4 Å². The minimum Gasteiger partial charge on any atom is -0.496 e. The molecule has 2 rings (SSSR count). The van der Waals surface area contributed by atoms with Gasteiger partial charge in [0.05, 0.1) is 7.11 Å². The van der Waals surface area contributed by atoms with Crippen LogP contribution in [0.2, 0.25) is 0 Å². The van der Waals surface area contributed by atoms with Crippen LogP contribution in [0.15, 0.2) is 18.2 Å². The van der Waals surface area contributed by atoms with Crippen molar-refractivity contribution in [3.05, 3.63) is 29.6 Å². The first-order valence-corrected chi connectivity index (χ1v) is 5.29. The second-order valence-electron chi connectivity index (χ2n) is 4.17. The molecular weight excluding hydrogens is 229 g/mol. The summed E-state index contributed by atoms with van der Waals surface area (Å²) in [6, 6.07) is 4.40. The lowest BCUT2D eigenvalue weighted by molar-refractivity contribution is 0.401. The second-order valence-corrected chi connectivity index (χ2v) is 4.17. The fraction of sp³-hybridized carbons (Fsp3) is 0.500. The molecule has 1 aromatic rings. The molecule has 1 aromatic carbocycles. The van der Waals surface area contributed by atoms with Crippen LogP contribution in [0.1, 0.15) is 30.9 Å². The van der Waals surface area contributed by atoms with E-state index in [2.05, 4.69) is 0 Å². The Hall–Kier alpha value is -0.800. The summed E-state index contributed by atoms with van der Waals surface area (Å²) in [5.41, 5.74) is 6.82. The van der Waals surface area contributed by atoms with Gasteiger partial charge in [-0.1, -0.05) is 12.8 Å². The van der Waals surface area contributed by atoms with E-state index in [9.17, 15) is 4.39 Å². The van der Waals surface area contributed by atoms with E-state index in [0.29, 0.717) is 5.75 Å². The zero-order valence-corrected chi connectivity index (χ0v) is 10.1. The van der Waals surface area contributed by atoms with E-state index in [1.807, 2.05) is 0 Å². The first-order chi connectivity index (χ1) is 7.20. The van der Waals surface area contributed by atoms with Crippen LogP contribution in [0.25, 0.3) is 0 Å². The number of nitrogens with two attached hydrogens (primary N) is 1. The topological polar surface area (TPSA) is 35.2 Å². The monoisotopic (exact) mass is 245 g/mol. The Labute approximate surface area is 101 Å². The van der Waals surface area contributed by atoms with Gasteiger partial charge in [0.15, 0.2) is 0 Å². The van der Waals surface area contributed by atoms with Gasteiger partial charge in [0.25, 0.3) is 0 Å². The molecule has 2 N–H and O–H groups in total. The third-order valence-electron chi connectivity index (χ3n) is 2.88. The highest BCUT2D eigenvalue weighted by atomic mass is 35.5. The Morgan fingerprint density at radius 2 is 2.19 bits per heavy atom. The molecule has 90 valence electrons. The Kier molecular flexibility index (Phi) is 4.56. The maximum Gasteiger partial charge on any atom is 0.123 e. The number of halogens is 2. The van der Waals surface area contributed by atoms with Crippen LogP contribution in [-0.2, 0) is 0 Å². The zero-order valence-electron chi connectivity index (χ0n) is 9.28. The van der Waals surface area contributed by atoms with Crippen LogP contribution in [0.3, 0.4) is 0 Å². The van der Waals surface area contributed by atoms with Crippen LogP contribution < -0.4 is 10.5 Å². The average Bonchev–Trinajstić information content (AvgIpc) is 3.01. The second kappa shape index (κ2) is 5.51. The SMILES string of the molecule is COc1ccc(F)cc1[C@@H](N)CC1CC1.Cl. The van der Waals surface area contributed by atoms with E-state index in [4.69, 9.17) is 10.5 Å². The molecule has 0 radical (unpaired) electrons. The van der Waals surface area contributed by atoms with Gasteiger partial charge in [0.2, 0.25) is 0 Å². The van der Waals surface area contributed by atoms with Crippen LogP contribution in [-0.4, -0.2) is 7.11 Å². The summed E-state index contributed by atoms with van der Waals surface area (Å²) in [5.74, 6) is 1.16. The highest BCUT2D eigenvalue weighted by Gasteiger charge is 2.25. The Morgan fingerprint density at radius 3 is 2.75 bits per heavy atom. The number of ether oxygens (including phenoxy) is 1. The van der Waals surface area contributed by atoms with Gasteiger partial charge >= 0.3 is 0 Å². The lowest BCUT2D eigenvalue weighted by atomic mass is 10.0. The maximum absolute atomic E-state index is 13.1. The number of benzene rings is 1. The third-order valence-corrected chi connectivity index (χ3v) is 2.88. The first kappa shape index (κ1) is 13.3. The molecule has 0 aromatic heterocycles. The summed E-state index contributed by atoms with van der Waals surface area (Å²) in [6.07, 6.45) is 3.44.